The highest BCUT2D eigenvalue weighted by molar-refractivity contribution is 7.13. The van der Waals surface area contributed by atoms with E-state index in [-0.39, 0.29) is 62.0 Å². The van der Waals surface area contributed by atoms with E-state index >= 15 is 0 Å². The molecule has 2 aromatic carbocycles. The van der Waals surface area contributed by atoms with E-state index in [1.165, 1.54) is 15.3 Å². The molecular weight excluding hydrogens is 916 g/mol. The van der Waals surface area contributed by atoms with Crippen LogP contribution in [0.3, 0.4) is 0 Å². The van der Waals surface area contributed by atoms with E-state index in [0.29, 0.717) is 31.0 Å². The zero-order chi connectivity index (χ0) is 49.3. The molecule has 0 radical (unpaired) electrons. The average molecular weight is 980 g/mol. The molecule has 0 spiro atoms. The van der Waals surface area contributed by atoms with Crippen LogP contribution in [0.2, 0.25) is 5.02 Å². The van der Waals surface area contributed by atoms with Gasteiger partial charge in [-0.25, -0.2) is 0 Å². The third kappa shape index (κ3) is 11.1. The van der Waals surface area contributed by atoms with E-state index in [1.54, 1.807) is 11.3 Å². The van der Waals surface area contributed by atoms with Crippen LogP contribution in [-0.2, 0) is 28.7 Å². The van der Waals surface area contributed by atoms with E-state index in [2.05, 4.69) is 56.4 Å². The van der Waals surface area contributed by atoms with Crippen molar-refractivity contribution in [3.63, 3.8) is 0 Å². The first-order valence-corrected chi connectivity index (χ1v) is 25.0. The molecule has 4 aromatic rings. The molecule has 17 heteroatoms. The van der Waals surface area contributed by atoms with Gasteiger partial charge in [0.25, 0.3) is 0 Å². The van der Waals surface area contributed by atoms with Crippen LogP contribution in [0.1, 0.15) is 111 Å². The molecule has 6 atom stereocenters. The van der Waals surface area contributed by atoms with Gasteiger partial charge in [0.2, 0.25) is 23.6 Å². The van der Waals surface area contributed by atoms with Gasteiger partial charge in [-0.3, -0.25) is 24.2 Å². The first-order valence-electron chi connectivity index (χ1n) is 23.7. The van der Waals surface area contributed by atoms with E-state index < -0.39 is 41.5 Å². The summed E-state index contributed by atoms with van der Waals surface area (Å²) in [6.45, 7) is 15.9. The maximum atomic E-state index is 14.2. The lowest BCUT2D eigenvalue weighted by Crippen LogP contribution is -2.58. The summed E-state index contributed by atoms with van der Waals surface area (Å²) in [4.78, 5) is 65.9. The molecule has 366 valence electrons. The standard InChI is InChI=1S/C52H63ClN8O7S/c1-27-17-20-69-48(27)34-11-9-32(10-12-34)30(4)56-50(65)40-21-36(62)25-61(40)51(66)49(52(6,7)8)58-42(64)26-68-38-22-37(23-38)67-19-18-54-41(63)24-39-46-44(31(5)59-60-46)47-43(28(2)29(3)55-47)45(57-39)33-13-15-35(53)16-14-33/h9-17,20,30,36-40,44,49,55,62H,18-19,21-26H2,1-8H3,(H,54,63)(H,56,65)(H,58,64)/t30?,36-,37?,38?,39+,40+,44?,49-/m1/s1. The monoisotopic (exact) mass is 978 g/mol. The van der Waals surface area contributed by atoms with Crippen LogP contribution in [0.25, 0.3) is 10.4 Å². The van der Waals surface area contributed by atoms with Crippen LogP contribution in [-0.4, -0.2) is 118 Å². The molecule has 69 heavy (non-hydrogen) atoms. The molecule has 1 aliphatic carbocycles. The quantitative estimate of drug-likeness (QED) is 0.0753. The first kappa shape index (κ1) is 49.9. The van der Waals surface area contributed by atoms with E-state index in [9.17, 15) is 24.3 Å². The van der Waals surface area contributed by atoms with Crippen molar-refractivity contribution >= 4 is 63.7 Å². The van der Waals surface area contributed by atoms with Crippen molar-refractivity contribution in [2.45, 2.75) is 129 Å². The number of β-amino-alcohol motifs (C(OH)–C–C–N with tert-alkyl or cyclic N) is 1. The zero-order valence-electron chi connectivity index (χ0n) is 40.5. The third-order valence-electron chi connectivity index (χ3n) is 13.7. The number of halogens is 1. The van der Waals surface area contributed by atoms with Gasteiger partial charge in [-0.15, -0.1) is 11.3 Å². The Morgan fingerprint density at radius 2 is 1.61 bits per heavy atom. The topological polar surface area (TPSA) is 199 Å². The number of likely N-dealkylation sites (tertiary alicyclic amines) is 1. The minimum Gasteiger partial charge on any atom is -0.391 e. The fourth-order valence-electron chi connectivity index (χ4n) is 9.57. The molecule has 2 aromatic heterocycles. The van der Waals surface area contributed by atoms with Gasteiger partial charge in [0.1, 0.15) is 24.7 Å². The number of benzene rings is 2. The van der Waals surface area contributed by atoms with Gasteiger partial charge in [-0.1, -0.05) is 68.8 Å². The van der Waals surface area contributed by atoms with Crippen LogP contribution in [0.5, 0.6) is 0 Å². The van der Waals surface area contributed by atoms with Crippen molar-refractivity contribution in [1.29, 1.82) is 0 Å². The number of rotatable bonds is 16. The van der Waals surface area contributed by atoms with Gasteiger partial charge in [0, 0.05) is 51.9 Å². The summed E-state index contributed by atoms with van der Waals surface area (Å²) in [6, 6.07) is 15.0. The Kier molecular flexibility index (Phi) is 15.1. The maximum absolute atomic E-state index is 14.2. The number of ether oxygens (including phenoxy) is 2. The fraction of sp³-hybridized carbons (Fsp3) is 0.481. The van der Waals surface area contributed by atoms with Crippen molar-refractivity contribution in [3.05, 3.63) is 104 Å². The molecule has 2 fully saturated rings. The number of aromatic nitrogens is 1. The summed E-state index contributed by atoms with van der Waals surface area (Å²) in [5.74, 6) is -1.66. The summed E-state index contributed by atoms with van der Waals surface area (Å²) < 4.78 is 11.9. The highest BCUT2D eigenvalue weighted by Gasteiger charge is 2.45. The Hall–Kier alpha value is -5.52. The summed E-state index contributed by atoms with van der Waals surface area (Å²) in [7, 11) is 0. The van der Waals surface area contributed by atoms with Crippen molar-refractivity contribution in [2.24, 2.45) is 20.6 Å². The Morgan fingerprint density at radius 3 is 2.29 bits per heavy atom. The number of aliphatic imine (C=N–C) groups is 1. The van der Waals surface area contributed by atoms with Crippen LogP contribution in [0.15, 0.2) is 75.2 Å². The number of aliphatic hydroxyl groups excluding tert-OH is 1. The second kappa shape index (κ2) is 20.8. The predicted octanol–water partition coefficient (Wildman–Crippen LogP) is 6.90. The fourth-order valence-corrected chi connectivity index (χ4v) is 10.6. The lowest BCUT2D eigenvalue weighted by molar-refractivity contribution is -0.147. The highest BCUT2D eigenvalue weighted by Crippen LogP contribution is 2.38. The van der Waals surface area contributed by atoms with E-state index in [4.69, 9.17) is 26.1 Å². The number of H-pyrrole nitrogens is 1. The molecular formula is C52H63ClN8O7S. The number of nitrogens with zero attached hydrogens (tertiary/aromatic N) is 4. The number of fused-ring (bicyclic) bond motifs is 3. The number of aliphatic hydroxyl groups is 1. The molecule has 5 heterocycles. The molecule has 3 aliphatic heterocycles. The number of carbonyl (C=O) groups excluding carboxylic acids is 4. The second-order valence-electron chi connectivity index (χ2n) is 19.9. The molecule has 1 saturated carbocycles. The van der Waals surface area contributed by atoms with Crippen molar-refractivity contribution < 1.29 is 33.8 Å². The largest absolute Gasteiger partial charge is 0.391 e. The second-order valence-corrected chi connectivity index (χ2v) is 21.2. The Bertz CT molecular complexity index is 2660. The van der Waals surface area contributed by atoms with Crippen molar-refractivity contribution in [2.75, 3.05) is 26.3 Å². The van der Waals surface area contributed by atoms with Gasteiger partial charge in [0.15, 0.2) is 0 Å². The van der Waals surface area contributed by atoms with Crippen LogP contribution < -0.4 is 16.0 Å². The van der Waals surface area contributed by atoms with Gasteiger partial charge >= 0.3 is 0 Å². The van der Waals surface area contributed by atoms with Crippen LogP contribution in [0, 0.1) is 26.2 Å². The molecule has 4 amide bonds. The SMILES string of the molecule is CC1=NN=C2C1c1[nH]c(C)c(C)c1C(c1ccc(Cl)cc1)=N[C@H]2CC(=O)NCCOC1CC(OCC(=O)N[C@H](C(=O)N2C[C@H](O)C[C@H]2C(=O)NC(C)c2ccc(-c3sccc3C)cc2)C(C)(C)C)C1. The molecule has 8 rings (SSSR count). The van der Waals surface area contributed by atoms with Crippen molar-refractivity contribution in [3.8, 4) is 10.4 Å². The smallest absolute Gasteiger partial charge is 0.246 e. The lowest BCUT2D eigenvalue weighted by atomic mass is 9.85. The molecule has 5 N–H and O–H groups in total. The number of aryl methyl sites for hydroxylation is 2. The number of aromatic amines is 1. The molecule has 15 nitrogen and oxygen atoms in total. The summed E-state index contributed by atoms with van der Waals surface area (Å²) in [6.07, 6.45) is 0.144. The van der Waals surface area contributed by atoms with Gasteiger partial charge < -0.3 is 40.4 Å². The summed E-state index contributed by atoms with van der Waals surface area (Å²) >= 11 is 7.93. The summed E-state index contributed by atoms with van der Waals surface area (Å²) in [5.41, 5.74) is 9.86. The number of carbonyl (C=O) groups is 4. The van der Waals surface area contributed by atoms with Gasteiger partial charge in [-0.2, -0.15) is 10.2 Å². The van der Waals surface area contributed by atoms with Crippen LogP contribution in [0.4, 0.5) is 0 Å². The van der Waals surface area contributed by atoms with Crippen LogP contribution >= 0.6 is 22.9 Å². The van der Waals surface area contributed by atoms with E-state index in [1.807, 2.05) is 90.1 Å². The summed E-state index contributed by atoms with van der Waals surface area (Å²) in [5, 5.41) is 31.2. The first-order chi connectivity index (χ1) is 32.9. The lowest BCUT2D eigenvalue weighted by Gasteiger charge is -2.36. The molecule has 4 aliphatic rings. The Balaban J connectivity index is 0.781. The van der Waals surface area contributed by atoms with Gasteiger partial charge in [0.05, 0.1) is 60.4 Å². The van der Waals surface area contributed by atoms with E-state index in [0.717, 1.165) is 56.3 Å². The number of nitrogens with one attached hydrogen (secondary N) is 4. The molecule has 2 unspecified atom stereocenters. The maximum Gasteiger partial charge on any atom is 0.246 e. The number of thiophene rings is 1. The highest BCUT2D eigenvalue weighted by atomic mass is 35.5. The zero-order valence-corrected chi connectivity index (χ0v) is 42.1. The molecule has 1 saturated heterocycles. The number of hydrogen-bond donors (Lipinski definition) is 5. The number of hydrogen-bond acceptors (Lipinski definition) is 11. The normalized spacial score (nSPS) is 22.8. The average Bonchev–Trinajstić information content (AvgIpc) is 4.06. The van der Waals surface area contributed by atoms with Gasteiger partial charge in [-0.05, 0) is 98.7 Å². The number of amides is 4. The third-order valence-corrected chi connectivity index (χ3v) is 15.0. The molecule has 0 bridgehead atoms. The Labute approximate surface area is 412 Å². The predicted molar refractivity (Wildman–Crippen MR) is 269 cm³/mol. The Morgan fingerprint density at radius 1 is 0.913 bits per heavy atom. The van der Waals surface area contributed by atoms with Crippen molar-refractivity contribution in [1.82, 2.24) is 25.8 Å². The minimum absolute atomic E-state index is 0.0206. The minimum atomic E-state index is -0.974.